The maximum atomic E-state index is 12.6. The summed E-state index contributed by atoms with van der Waals surface area (Å²) >= 11 is 0. The van der Waals surface area contributed by atoms with Gasteiger partial charge in [0.1, 0.15) is 0 Å². The van der Waals surface area contributed by atoms with Crippen molar-refractivity contribution < 1.29 is 38.7 Å². The predicted molar refractivity (Wildman–Crippen MR) is 183 cm³/mol. The smallest absolute Gasteiger partial charge is 0.303 e. The fourth-order valence-corrected chi connectivity index (χ4v) is 14.0. The maximum absolute atomic E-state index is 12.6. The number of nitrogens with zero attached hydrogens (tertiary/aromatic N) is 1. The van der Waals surface area contributed by atoms with Crippen LogP contribution in [0.4, 0.5) is 0 Å². The second kappa shape index (κ2) is 11.6. The third kappa shape index (κ3) is 4.99. The van der Waals surface area contributed by atoms with Crippen LogP contribution in [0.15, 0.2) is 0 Å². The number of primary amides is 1. The van der Waals surface area contributed by atoms with Crippen LogP contribution in [-0.4, -0.2) is 95.1 Å². The number of carbonyl (C=O) groups excluding carboxylic acids is 2. The lowest BCUT2D eigenvalue weighted by molar-refractivity contribution is -0.250. The Balaban J connectivity index is 1.12. The summed E-state index contributed by atoms with van der Waals surface area (Å²) in [6.45, 7) is 20.3. The number of aliphatic hydroxyl groups is 2. The Bertz CT molecular complexity index is 1330. The van der Waals surface area contributed by atoms with E-state index in [1.807, 2.05) is 6.92 Å². The van der Waals surface area contributed by atoms with Gasteiger partial charge in [-0.15, -0.1) is 0 Å². The van der Waals surface area contributed by atoms with Crippen LogP contribution in [0, 0.1) is 50.7 Å². The zero-order chi connectivity index (χ0) is 35.7. The van der Waals surface area contributed by atoms with Gasteiger partial charge >= 0.3 is 5.97 Å². The molecule has 0 aromatic heterocycles. The lowest BCUT2D eigenvalue weighted by atomic mass is 9.41. The van der Waals surface area contributed by atoms with Gasteiger partial charge in [0.05, 0.1) is 49.2 Å². The van der Waals surface area contributed by atoms with Crippen molar-refractivity contribution in [1.29, 1.82) is 0 Å². The third-order valence-electron chi connectivity index (χ3n) is 16.4. The highest BCUT2D eigenvalue weighted by Crippen LogP contribution is 2.89. The van der Waals surface area contributed by atoms with E-state index in [0.717, 1.165) is 32.1 Å². The molecule has 2 aliphatic heterocycles. The van der Waals surface area contributed by atoms with Crippen molar-refractivity contribution >= 4 is 11.9 Å². The van der Waals surface area contributed by atoms with E-state index in [0.29, 0.717) is 38.0 Å². The van der Waals surface area contributed by atoms with E-state index < -0.39 is 29.9 Å². The number of fused-ring (bicyclic) bond motifs is 4. The van der Waals surface area contributed by atoms with Gasteiger partial charge in [0.25, 0.3) is 0 Å². The van der Waals surface area contributed by atoms with Crippen LogP contribution in [0.5, 0.6) is 0 Å². The highest BCUT2D eigenvalue weighted by molar-refractivity contribution is 5.79. The quantitative estimate of drug-likeness (QED) is 0.332. The number of amides is 1. The molecule has 7 rings (SSSR count). The molecule has 0 radical (unpaired) electrons. The Kier molecular flexibility index (Phi) is 8.54. The number of nitrogens with two attached hydrogens (primary N) is 1. The minimum absolute atomic E-state index is 0.0364. The van der Waals surface area contributed by atoms with Gasteiger partial charge in [-0.2, -0.15) is 0 Å². The Morgan fingerprint density at radius 1 is 1.04 bits per heavy atom. The van der Waals surface area contributed by atoms with E-state index in [1.54, 1.807) is 13.8 Å². The molecule has 10 heteroatoms. The fraction of sp³-hybridized carbons (Fsp3) is 0.949. The molecule has 1 amide bonds. The molecule has 0 bridgehead atoms. The van der Waals surface area contributed by atoms with Gasteiger partial charge in [0.15, 0.2) is 12.4 Å². The van der Waals surface area contributed by atoms with Crippen molar-refractivity contribution in [2.24, 2.45) is 56.5 Å². The number of rotatable bonds is 7. The molecule has 0 aromatic rings. The topological polar surface area (TPSA) is 141 Å². The number of aliphatic hydroxyl groups excluding tert-OH is 1. The van der Waals surface area contributed by atoms with E-state index in [2.05, 4.69) is 39.5 Å². The number of carbonyl (C=O) groups is 2. The van der Waals surface area contributed by atoms with Crippen molar-refractivity contribution in [3.8, 4) is 0 Å². The van der Waals surface area contributed by atoms with Crippen molar-refractivity contribution in [3.63, 3.8) is 0 Å². The molecule has 49 heavy (non-hydrogen) atoms. The molecule has 4 unspecified atom stereocenters. The normalized spacial score (nSPS) is 50.1. The highest BCUT2D eigenvalue weighted by atomic mass is 16.7. The largest absolute Gasteiger partial charge is 0.457 e. The molecule has 10 nitrogen and oxygen atoms in total. The lowest BCUT2D eigenvalue weighted by Crippen LogP contribution is -2.60. The van der Waals surface area contributed by atoms with Crippen molar-refractivity contribution in [2.75, 3.05) is 19.7 Å². The monoisotopic (exact) mass is 688 g/mol. The maximum Gasteiger partial charge on any atom is 0.303 e. The zero-order valence-electron chi connectivity index (χ0n) is 31.5. The van der Waals surface area contributed by atoms with Gasteiger partial charge in [-0.1, -0.05) is 34.6 Å². The average Bonchev–Trinajstić information content (AvgIpc) is 3.65. The summed E-state index contributed by atoms with van der Waals surface area (Å²) in [7, 11) is 0. The van der Waals surface area contributed by atoms with Crippen molar-refractivity contribution in [1.82, 2.24) is 4.90 Å². The zero-order valence-corrected chi connectivity index (χ0v) is 31.5. The number of esters is 1. The van der Waals surface area contributed by atoms with Gasteiger partial charge in [-0.3, -0.25) is 14.5 Å². The number of ether oxygens (including phenoxy) is 4. The molecule has 5 aliphatic carbocycles. The van der Waals surface area contributed by atoms with Gasteiger partial charge in [0, 0.05) is 18.9 Å². The summed E-state index contributed by atoms with van der Waals surface area (Å²) in [5.41, 5.74) is 4.40. The fourth-order valence-electron chi connectivity index (χ4n) is 14.0. The van der Waals surface area contributed by atoms with Gasteiger partial charge in [-0.25, -0.2) is 0 Å². The summed E-state index contributed by atoms with van der Waals surface area (Å²) in [6.07, 6.45) is 5.95. The first-order chi connectivity index (χ1) is 22.7. The molecule has 2 saturated heterocycles. The van der Waals surface area contributed by atoms with Gasteiger partial charge < -0.3 is 34.9 Å². The number of hydrogen-bond donors (Lipinski definition) is 3. The van der Waals surface area contributed by atoms with Crippen LogP contribution in [0.2, 0.25) is 0 Å². The molecule has 7 fully saturated rings. The van der Waals surface area contributed by atoms with Crippen LogP contribution in [0.3, 0.4) is 0 Å². The Hall–Kier alpha value is -1.30. The average molecular weight is 689 g/mol. The SMILES string of the molecule is CC(=O)O[C@@H](C1C[C@@H](C)[C@H]2C(O1)[C@H](O)[C@@]1(C)C3CC[C@H]4C(C)(C)C(O[C@H]5CN([C@H](C)C(N)=O)CCO5)CC[C@@]45C[C@@]35CC[C@]21C)C(C)(C)O. The van der Waals surface area contributed by atoms with Crippen LogP contribution in [-0.2, 0) is 28.5 Å². The van der Waals surface area contributed by atoms with Crippen LogP contribution < -0.4 is 5.73 Å². The van der Waals surface area contributed by atoms with E-state index in [-0.39, 0.29) is 69.4 Å². The first-order valence-electron chi connectivity index (χ1n) is 19.3. The molecule has 278 valence electrons. The first-order valence-corrected chi connectivity index (χ1v) is 19.3. The van der Waals surface area contributed by atoms with E-state index in [9.17, 15) is 19.8 Å². The molecular formula is C39H64N2O8. The van der Waals surface area contributed by atoms with Gasteiger partial charge in [-0.05, 0) is 117 Å². The van der Waals surface area contributed by atoms with Crippen LogP contribution >= 0.6 is 0 Å². The minimum atomic E-state index is -1.27. The molecule has 7 aliphatic rings. The molecule has 2 heterocycles. The van der Waals surface area contributed by atoms with Crippen molar-refractivity contribution in [2.45, 2.75) is 162 Å². The molecule has 2 spiro atoms. The van der Waals surface area contributed by atoms with Crippen LogP contribution in [0.25, 0.3) is 0 Å². The third-order valence-corrected chi connectivity index (χ3v) is 16.4. The molecule has 0 aromatic carbocycles. The minimum Gasteiger partial charge on any atom is -0.457 e. The number of morpholine rings is 1. The van der Waals surface area contributed by atoms with Gasteiger partial charge in [0.2, 0.25) is 5.91 Å². The Labute approximate surface area is 293 Å². The Morgan fingerprint density at radius 3 is 2.37 bits per heavy atom. The van der Waals surface area contributed by atoms with E-state index >= 15 is 0 Å². The summed E-state index contributed by atoms with van der Waals surface area (Å²) in [4.78, 5) is 26.1. The summed E-state index contributed by atoms with van der Waals surface area (Å²) < 4.78 is 25.4. The van der Waals surface area contributed by atoms with E-state index in [1.165, 1.54) is 19.8 Å². The second-order valence-corrected chi connectivity index (χ2v) is 19.2. The molecule has 15 atom stereocenters. The summed E-state index contributed by atoms with van der Waals surface area (Å²) in [5.74, 6) is 0.630. The molecule has 5 saturated carbocycles. The predicted octanol–water partition coefficient (Wildman–Crippen LogP) is 4.42. The summed E-state index contributed by atoms with van der Waals surface area (Å²) in [6, 6.07) is -0.344. The Morgan fingerprint density at radius 2 is 1.71 bits per heavy atom. The van der Waals surface area contributed by atoms with E-state index in [4.69, 9.17) is 24.7 Å². The van der Waals surface area contributed by atoms with Crippen LogP contribution in [0.1, 0.15) is 114 Å². The first kappa shape index (κ1) is 36.1. The highest BCUT2D eigenvalue weighted by Gasteiger charge is 2.84. The number of hydrogen-bond acceptors (Lipinski definition) is 9. The molecule has 4 N–H and O–H groups in total. The second-order valence-electron chi connectivity index (χ2n) is 19.2. The lowest BCUT2D eigenvalue weighted by Gasteiger charge is -2.64. The summed E-state index contributed by atoms with van der Waals surface area (Å²) in [5, 5.41) is 23.6. The van der Waals surface area contributed by atoms with Crippen molar-refractivity contribution in [3.05, 3.63) is 0 Å². The standard InChI is InChI=1S/C39H64N2O8/c1-21-18-24(32(35(6,7)45)47-23(3)42)48-30-29(21)36(8)14-15-39-20-38(39)13-12-27(49-28-19-41(16-17-46-28)22(2)33(40)44)34(4,5)25(38)10-11-26(39)37(36,9)31(30)43/h21-22,24-32,43,45H,10-20H2,1-9H3,(H2,40,44)/t21-,22-,24?,25+,26?,27?,28+,29+,30?,31+,32+,36-,37-,38-,39+/m1/s1. The molecular weight excluding hydrogens is 624 g/mol.